The molecule has 0 aliphatic carbocycles. The van der Waals surface area contributed by atoms with Crippen molar-refractivity contribution in [2.24, 2.45) is 0 Å². The van der Waals surface area contributed by atoms with Crippen molar-refractivity contribution in [2.75, 3.05) is 0 Å². The highest BCUT2D eigenvalue weighted by Crippen LogP contribution is 2.44. The molecule has 126 valence electrons. The minimum absolute atomic E-state index is 0.251. The van der Waals surface area contributed by atoms with Crippen LogP contribution in [-0.4, -0.2) is 9.89 Å². The van der Waals surface area contributed by atoms with Crippen molar-refractivity contribution in [1.29, 1.82) is 0 Å². The second kappa shape index (κ2) is 9.28. The third kappa shape index (κ3) is 7.19. The van der Waals surface area contributed by atoms with Crippen molar-refractivity contribution in [2.45, 2.75) is 8.51 Å². The molecule has 23 heavy (non-hydrogen) atoms. The fourth-order valence-electron chi connectivity index (χ4n) is 1.36. The Morgan fingerprint density at radius 3 is 1.35 bits per heavy atom. The molecule has 0 spiro atoms. The Morgan fingerprint density at radius 2 is 1.04 bits per heavy atom. The summed E-state index contributed by atoms with van der Waals surface area (Å²) >= 11 is 19.2. The van der Waals surface area contributed by atoms with E-state index in [0.29, 0.717) is 0 Å². The number of hydrogen-bond donors (Lipinski definition) is 0. The van der Waals surface area contributed by atoms with Gasteiger partial charge in [0.05, 0.1) is 4.90 Å². The van der Waals surface area contributed by atoms with Gasteiger partial charge in [0, 0.05) is 0 Å². The van der Waals surface area contributed by atoms with Crippen LogP contribution >= 0.6 is 95.6 Å². The van der Waals surface area contributed by atoms with Crippen LogP contribution in [0, 0.1) is 0 Å². The summed E-state index contributed by atoms with van der Waals surface area (Å²) in [5, 5.41) is 0. The molecule has 0 aliphatic heterocycles. The fourth-order valence-corrected chi connectivity index (χ4v) is 4.62. The molecule has 9 heteroatoms. The standard InChI is InChI=1S/C7H5Br3O2S.C7H5Br3/c8-7(9,10)13(11,12)6-4-2-1-3-5-6;8-7(9,10)6-4-2-1-3-5-6/h1-5H;1-5H. The van der Waals surface area contributed by atoms with Crippen LogP contribution < -0.4 is 0 Å². The monoisotopic (exact) mass is 716 g/mol. The third-order valence-corrected chi connectivity index (χ3v) is 9.17. The van der Waals surface area contributed by atoms with Crippen LogP contribution in [0.15, 0.2) is 65.6 Å². The van der Waals surface area contributed by atoms with Gasteiger partial charge >= 0.3 is 0 Å². The van der Waals surface area contributed by atoms with Crippen molar-refractivity contribution in [3.05, 3.63) is 66.2 Å². The van der Waals surface area contributed by atoms with Gasteiger partial charge in [0.15, 0.2) is 2.14 Å². The maximum absolute atomic E-state index is 11.7. The second-order valence-electron chi connectivity index (χ2n) is 4.13. The zero-order valence-electron chi connectivity index (χ0n) is 11.3. The Morgan fingerprint density at radius 1 is 0.652 bits per heavy atom. The van der Waals surface area contributed by atoms with Crippen LogP contribution in [0.4, 0.5) is 0 Å². The molecule has 2 aromatic carbocycles. The smallest absolute Gasteiger partial charge is 0.220 e. The molecular formula is C14H10Br6O2S. The lowest BCUT2D eigenvalue weighted by molar-refractivity contribution is 0.599. The Hall–Kier alpha value is 1.27. The molecule has 0 fully saturated rings. The normalized spacial score (nSPS) is 12.3. The average molecular weight is 722 g/mol. The summed E-state index contributed by atoms with van der Waals surface area (Å²) in [6.07, 6.45) is 0. The first-order chi connectivity index (χ1) is 10.5. The van der Waals surface area contributed by atoms with E-state index in [2.05, 4.69) is 95.6 Å². The van der Waals surface area contributed by atoms with Crippen molar-refractivity contribution < 1.29 is 8.42 Å². The molecular weight excluding hydrogens is 712 g/mol. The summed E-state index contributed by atoms with van der Waals surface area (Å²) in [5.74, 6) is 0. The highest BCUT2D eigenvalue weighted by Gasteiger charge is 2.36. The summed E-state index contributed by atoms with van der Waals surface area (Å²) < 4.78 is 21.9. The molecule has 2 nitrogen and oxygen atoms in total. The second-order valence-corrected chi connectivity index (χ2v) is 21.3. The van der Waals surface area contributed by atoms with E-state index in [4.69, 9.17) is 0 Å². The van der Waals surface area contributed by atoms with E-state index in [1.54, 1.807) is 18.2 Å². The van der Waals surface area contributed by atoms with Gasteiger partial charge in [0.2, 0.25) is 11.3 Å². The summed E-state index contributed by atoms with van der Waals surface area (Å²) in [6.45, 7) is 0. The molecule has 0 radical (unpaired) electrons. The highest BCUT2D eigenvalue weighted by atomic mass is 80.0. The van der Waals surface area contributed by atoms with Gasteiger partial charge in [-0.05, 0) is 65.5 Å². The summed E-state index contributed by atoms with van der Waals surface area (Å²) in [7, 11) is -3.43. The van der Waals surface area contributed by atoms with Crippen LogP contribution in [-0.2, 0) is 12.0 Å². The van der Waals surface area contributed by atoms with Gasteiger partial charge in [-0.25, -0.2) is 8.42 Å². The largest absolute Gasteiger partial charge is 0.239 e. The zero-order chi connectivity index (χ0) is 17.7. The van der Waals surface area contributed by atoms with Gasteiger partial charge in [-0.3, -0.25) is 0 Å². The number of rotatable bonds is 1. The molecule has 0 amide bonds. The van der Waals surface area contributed by atoms with Crippen LogP contribution in [0.3, 0.4) is 0 Å². The molecule has 0 atom stereocenters. The van der Waals surface area contributed by atoms with E-state index in [1.807, 2.05) is 30.3 Å². The molecule has 2 rings (SSSR count). The number of benzene rings is 2. The van der Waals surface area contributed by atoms with E-state index >= 15 is 0 Å². The maximum Gasteiger partial charge on any atom is 0.239 e. The SMILES string of the molecule is BrC(Br)(Br)c1ccccc1.O=S(=O)(c1ccccc1)C(Br)(Br)Br. The first kappa shape index (κ1) is 22.3. The molecule has 2 aromatic rings. The lowest BCUT2D eigenvalue weighted by atomic mass is 10.2. The topological polar surface area (TPSA) is 34.1 Å². The predicted octanol–water partition coefficient (Wildman–Crippen LogP) is 7.24. The van der Waals surface area contributed by atoms with Crippen LogP contribution in [0.5, 0.6) is 0 Å². The minimum Gasteiger partial charge on any atom is -0.220 e. The van der Waals surface area contributed by atoms with Crippen molar-refractivity contribution >= 4 is 105 Å². The van der Waals surface area contributed by atoms with E-state index in [9.17, 15) is 8.42 Å². The number of sulfone groups is 1. The van der Waals surface area contributed by atoms with E-state index in [-0.39, 0.29) is 7.04 Å². The lowest BCUT2D eigenvalue weighted by Crippen LogP contribution is -2.17. The Kier molecular flexibility index (Phi) is 9.00. The maximum atomic E-state index is 11.7. The quantitative estimate of drug-likeness (QED) is 0.292. The van der Waals surface area contributed by atoms with E-state index < -0.39 is 11.3 Å². The van der Waals surface area contributed by atoms with Crippen LogP contribution in [0.2, 0.25) is 0 Å². The molecule has 0 bridgehead atoms. The van der Waals surface area contributed by atoms with Crippen molar-refractivity contribution in [3.8, 4) is 0 Å². The minimum atomic E-state index is -3.43. The van der Waals surface area contributed by atoms with Crippen LogP contribution in [0.25, 0.3) is 0 Å². The first-order valence-corrected chi connectivity index (χ1v) is 12.2. The highest BCUT2D eigenvalue weighted by molar-refractivity contribution is 9.42. The average Bonchev–Trinajstić information content (AvgIpc) is 2.48. The van der Waals surface area contributed by atoms with Gasteiger partial charge in [-0.15, -0.1) is 0 Å². The Labute approximate surface area is 186 Å². The van der Waals surface area contributed by atoms with Crippen molar-refractivity contribution in [3.63, 3.8) is 0 Å². The Balaban J connectivity index is 0.000000238. The molecule has 0 saturated heterocycles. The molecule has 0 aliphatic rings. The van der Waals surface area contributed by atoms with Crippen molar-refractivity contribution in [1.82, 2.24) is 0 Å². The van der Waals surface area contributed by atoms with E-state index in [1.165, 1.54) is 12.1 Å². The molecule has 0 N–H and O–H groups in total. The van der Waals surface area contributed by atoms with Gasteiger partial charge in [-0.1, -0.05) is 96.3 Å². The van der Waals surface area contributed by atoms with Gasteiger partial charge in [-0.2, -0.15) is 0 Å². The summed E-state index contributed by atoms with van der Waals surface area (Å²) in [4.78, 5) is 0.251. The fraction of sp³-hybridized carbons (Fsp3) is 0.143. The number of alkyl halides is 6. The molecule has 0 aromatic heterocycles. The summed E-state index contributed by atoms with van der Waals surface area (Å²) in [5.41, 5.74) is 1.15. The summed E-state index contributed by atoms with van der Waals surface area (Å²) in [6, 6.07) is 18.2. The van der Waals surface area contributed by atoms with E-state index in [0.717, 1.165) is 5.56 Å². The van der Waals surface area contributed by atoms with Gasteiger partial charge in [0.25, 0.3) is 0 Å². The van der Waals surface area contributed by atoms with Gasteiger partial charge < -0.3 is 0 Å². The van der Waals surface area contributed by atoms with Crippen LogP contribution in [0.1, 0.15) is 5.56 Å². The number of halogens is 6. The van der Waals surface area contributed by atoms with Gasteiger partial charge in [0.1, 0.15) is 0 Å². The number of hydrogen-bond acceptors (Lipinski definition) is 2. The predicted molar refractivity (Wildman–Crippen MR) is 118 cm³/mol. The Bertz CT molecular complexity index is 706. The molecule has 0 unspecified atom stereocenters. The first-order valence-electron chi connectivity index (χ1n) is 5.95. The molecule has 0 heterocycles. The third-order valence-electron chi connectivity index (χ3n) is 2.46. The lowest BCUT2D eigenvalue weighted by Gasteiger charge is -2.12. The molecule has 0 saturated carbocycles. The zero-order valence-corrected chi connectivity index (χ0v) is 21.6.